The summed E-state index contributed by atoms with van der Waals surface area (Å²) < 4.78 is 5.94. The smallest absolute Gasteiger partial charge is 0.335 e. The minimum atomic E-state index is -0.936. The van der Waals surface area contributed by atoms with Gasteiger partial charge >= 0.3 is 5.97 Å². The number of fused-ring (bicyclic) bond motifs is 1. The molecule has 0 unspecified atom stereocenters. The third-order valence-electron chi connectivity index (χ3n) is 4.81. The highest BCUT2D eigenvalue weighted by atomic mass is 16.5. The second-order valence-corrected chi connectivity index (χ2v) is 7.10. The molecule has 4 aromatic rings. The van der Waals surface area contributed by atoms with E-state index in [1.165, 1.54) is 0 Å². The lowest BCUT2D eigenvalue weighted by Gasteiger charge is -2.13. The Hall–Kier alpha value is -4.12. The highest BCUT2D eigenvalue weighted by Crippen LogP contribution is 2.18. The Balaban J connectivity index is 1.52. The van der Waals surface area contributed by atoms with Crippen LogP contribution in [-0.4, -0.2) is 29.2 Å². The van der Waals surface area contributed by atoms with Crippen molar-refractivity contribution in [1.29, 1.82) is 0 Å². The van der Waals surface area contributed by atoms with Crippen LogP contribution in [-0.2, 0) is 0 Å². The average Bonchev–Trinajstić information content (AvgIpc) is 2.81. The number of aromatic nitrogens is 1. The Morgan fingerprint density at radius 3 is 2.48 bits per heavy atom. The predicted octanol–water partition coefficient (Wildman–Crippen LogP) is 5.51. The first-order chi connectivity index (χ1) is 15.2. The zero-order chi connectivity index (χ0) is 21.5. The molecular weight excluding hydrogens is 388 g/mol. The Kier molecular flexibility index (Phi) is 6.24. The van der Waals surface area contributed by atoms with E-state index in [1.807, 2.05) is 66.9 Å². The SMILES string of the molecule is O=C(O)c1ccc(C=C(CNc2cnc3ccccc3c2)COc2ccccc2)cc1. The molecule has 0 atom stereocenters. The number of hydrogen-bond acceptors (Lipinski definition) is 4. The van der Waals surface area contributed by atoms with Gasteiger partial charge in [-0.2, -0.15) is 0 Å². The van der Waals surface area contributed by atoms with Crippen molar-refractivity contribution in [3.8, 4) is 5.75 Å². The second-order valence-electron chi connectivity index (χ2n) is 7.10. The quantitative estimate of drug-likeness (QED) is 0.401. The Morgan fingerprint density at radius 2 is 1.71 bits per heavy atom. The van der Waals surface area contributed by atoms with Crippen LogP contribution < -0.4 is 10.1 Å². The van der Waals surface area contributed by atoms with Crippen molar-refractivity contribution in [2.24, 2.45) is 0 Å². The molecule has 1 heterocycles. The molecule has 3 aromatic carbocycles. The zero-order valence-corrected chi connectivity index (χ0v) is 16.9. The summed E-state index contributed by atoms with van der Waals surface area (Å²) in [7, 11) is 0. The number of carboxylic acid groups (broad SMARTS) is 1. The zero-order valence-electron chi connectivity index (χ0n) is 16.9. The fourth-order valence-corrected chi connectivity index (χ4v) is 3.18. The van der Waals surface area contributed by atoms with E-state index < -0.39 is 5.97 Å². The van der Waals surface area contributed by atoms with Crippen LogP contribution in [0.2, 0.25) is 0 Å². The number of aromatic carboxylic acids is 1. The van der Waals surface area contributed by atoms with Crippen molar-refractivity contribution in [2.75, 3.05) is 18.5 Å². The Labute approximate surface area is 180 Å². The number of rotatable bonds is 8. The molecule has 0 aliphatic carbocycles. The van der Waals surface area contributed by atoms with Gasteiger partial charge in [-0.25, -0.2) is 4.79 Å². The molecule has 1 aromatic heterocycles. The third kappa shape index (κ3) is 5.48. The summed E-state index contributed by atoms with van der Waals surface area (Å²) >= 11 is 0. The van der Waals surface area contributed by atoms with Crippen LogP contribution in [0.4, 0.5) is 5.69 Å². The van der Waals surface area contributed by atoms with Gasteiger partial charge in [0.1, 0.15) is 12.4 Å². The van der Waals surface area contributed by atoms with E-state index in [4.69, 9.17) is 9.84 Å². The van der Waals surface area contributed by atoms with E-state index in [2.05, 4.69) is 16.4 Å². The molecule has 4 rings (SSSR count). The average molecular weight is 410 g/mol. The van der Waals surface area contributed by atoms with Crippen LogP contribution in [0.5, 0.6) is 5.75 Å². The van der Waals surface area contributed by atoms with E-state index in [-0.39, 0.29) is 5.56 Å². The molecule has 0 aliphatic heterocycles. The van der Waals surface area contributed by atoms with Crippen LogP contribution in [0, 0.1) is 0 Å². The van der Waals surface area contributed by atoms with Crippen molar-refractivity contribution >= 4 is 28.6 Å². The summed E-state index contributed by atoms with van der Waals surface area (Å²) in [4.78, 5) is 15.6. The maximum atomic E-state index is 11.1. The molecule has 0 aliphatic rings. The maximum absolute atomic E-state index is 11.1. The molecule has 0 fully saturated rings. The number of nitrogens with zero attached hydrogens (tertiary/aromatic N) is 1. The number of carbonyl (C=O) groups is 1. The highest BCUT2D eigenvalue weighted by molar-refractivity contribution is 5.87. The van der Waals surface area contributed by atoms with Crippen LogP contribution in [0.3, 0.4) is 0 Å². The monoisotopic (exact) mass is 410 g/mol. The van der Waals surface area contributed by atoms with Crippen LogP contribution in [0.25, 0.3) is 17.0 Å². The number of nitrogens with one attached hydrogen (secondary N) is 1. The minimum absolute atomic E-state index is 0.264. The molecule has 0 amide bonds. The molecular formula is C26H22N2O3. The van der Waals surface area contributed by atoms with Gasteiger partial charge in [0.05, 0.1) is 23.0 Å². The number of para-hydroxylation sites is 2. The van der Waals surface area contributed by atoms with Gasteiger partial charge in [0.25, 0.3) is 0 Å². The van der Waals surface area contributed by atoms with Crippen LogP contribution in [0.1, 0.15) is 15.9 Å². The van der Waals surface area contributed by atoms with Gasteiger partial charge in [0.2, 0.25) is 0 Å². The van der Waals surface area contributed by atoms with Gasteiger partial charge in [0.15, 0.2) is 0 Å². The highest BCUT2D eigenvalue weighted by Gasteiger charge is 2.05. The van der Waals surface area contributed by atoms with Crippen molar-refractivity contribution in [1.82, 2.24) is 4.98 Å². The number of anilines is 1. The summed E-state index contributed by atoms with van der Waals surface area (Å²) in [5.74, 6) is -0.143. The molecule has 0 radical (unpaired) electrons. The van der Waals surface area contributed by atoms with E-state index in [1.54, 1.807) is 24.3 Å². The van der Waals surface area contributed by atoms with E-state index in [9.17, 15) is 4.79 Å². The van der Waals surface area contributed by atoms with Gasteiger partial charge in [-0.05, 0) is 47.5 Å². The molecule has 0 spiro atoms. The lowest BCUT2D eigenvalue weighted by molar-refractivity contribution is 0.0697. The first kappa shape index (κ1) is 20.2. The summed E-state index contributed by atoms with van der Waals surface area (Å²) in [5, 5.41) is 13.6. The Morgan fingerprint density at radius 1 is 0.968 bits per heavy atom. The lowest BCUT2D eigenvalue weighted by Crippen LogP contribution is -2.12. The number of ether oxygens (including phenoxy) is 1. The second kappa shape index (κ2) is 9.59. The lowest BCUT2D eigenvalue weighted by atomic mass is 10.1. The molecule has 154 valence electrons. The van der Waals surface area contributed by atoms with Crippen molar-refractivity contribution in [2.45, 2.75) is 0 Å². The largest absolute Gasteiger partial charge is 0.489 e. The first-order valence-electron chi connectivity index (χ1n) is 9.97. The van der Waals surface area contributed by atoms with Gasteiger partial charge in [-0.15, -0.1) is 0 Å². The molecule has 5 nitrogen and oxygen atoms in total. The normalized spacial score (nSPS) is 11.3. The van der Waals surface area contributed by atoms with Gasteiger partial charge < -0.3 is 15.2 Å². The van der Waals surface area contributed by atoms with Crippen LogP contribution >= 0.6 is 0 Å². The van der Waals surface area contributed by atoms with E-state index >= 15 is 0 Å². The molecule has 0 saturated heterocycles. The number of pyridine rings is 1. The number of benzene rings is 3. The van der Waals surface area contributed by atoms with E-state index in [0.717, 1.165) is 33.5 Å². The molecule has 5 heteroatoms. The predicted molar refractivity (Wildman–Crippen MR) is 124 cm³/mol. The topological polar surface area (TPSA) is 71.5 Å². The van der Waals surface area contributed by atoms with Crippen molar-refractivity contribution in [3.05, 3.63) is 108 Å². The molecule has 31 heavy (non-hydrogen) atoms. The number of hydrogen-bond donors (Lipinski definition) is 2. The van der Waals surface area contributed by atoms with Crippen LogP contribution in [0.15, 0.2) is 96.7 Å². The fraction of sp³-hybridized carbons (Fsp3) is 0.0769. The summed E-state index contributed by atoms with van der Waals surface area (Å²) in [6.07, 6.45) is 3.83. The summed E-state index contributed by atoms with van der Waals surface area (Å²) in [5.41, 5.74) is 4.06. The van der Waals surface area contributed by atoms with Crippen molar-refractivity contribution in [3.63, 3.8) is 0 Å². The summed E-state index contributed by atoms with van der Waals surface area (Å²) in [6.45, 7) is 0.965. The number of carboxylic acids is 1. The van der Waals surface area contributed by atoms with E-state index in [0.29, 0.717) is 13.2 Å². The molecule has 2 N–H and O–H groups in total. The minimum Gasteiger partial charge on any atom is -0.489 e. The maximum Gasteiger partial charge on any atom is 0.335 e. The van der Waals surface area contributed by atoms with Gasteiger partial charge in [-0.3, -0.25) is 4.98 Å². The van der Waals surface area contributed by atoms with Crippen molar-refractivity contribution < 1.29 is 14.6 Å². The molecule has 0 saturated carbocycles. The fourth-order valence-electron chi connectivity index (χ4n) is 3.18. The van der Waals surface area contributed by atoms with Gasteiger partial charge in [0, 0.05) is 11.9 Å². The third-order valence-corrected chi connectivity index (χ3v) is 4.81. The Bertz CT molecular complexity index is 1200. The molecule has 0 bridgehead atoms. The first-order valence-corrected chi connectivity index (χ1v) is 9.97. The van der Waals surface area contributed by atoms with Gasteiger partial charge in [-0.1, -0.05) is 54.6 Å². The standard InChI is InChI=1S/C26H22N2O3/c29-26(30)21-12-10-19(11-13-21)14-20(18-31-24-7-2-1-3-8-24)16-27-23-15-22-6-4-5-9-25(22)28-17-23/h1-15,17,27H,16,18H2,(H,29,30). The summed E-state index contributed by atoms with van der Waals surface area (Å²) in [6, 6.07) is 26.5.